The zero-order chi connectivity index (χ0) is 10.9. The van der Waals surface area contributed by atoms with Crippen molar-refractivity contribution in [2.75, 3.05) is 7.11 Å². The van der Waals surface area contributed by atoms with E-state index >= 15 is 0 Å². The van der Waals surface area contributed by atoms with Crippen LogP contribution in [0.5, 0.6) is 0 Å². The molecular weight excluding hydrogens is 226 g/mol. The zero-order valence-corrected chi connectivity index (χ0v) is 9.24. The third-order valence-corrected chi connectivity index (χ3v) is 4.34. The lowest BCUT2D eigenvalue weighted by atomic mass is 10.2. The molecule has 5 nitrogen and oxygen atoms in total. The second kappa shape index (κ2) is 3.68. The van der Waals surface area contributed by atoms with Crippen LogP contribution in [0.25, 0.3) is 0 Å². The zero-order valence-electron chi connectivity index (χ0n) is 7.60. The van der Waals surface area contributed by atoms with Gasteiger partial charge in [0.05, 0.1) is 12.7 Å². The monoisotopic (exact) mass is 235 g/mol. The number of sulfonamides is 1. The third-order valence-electron chi connectivity index (χ3n) is 1.66. The largest absolute Gasteiger partial charge is 0.465 e. The van der Waals surface area contributed by atoms with E-state index in [1.54, 1.807) is 0 Å². The quantitative estimate of drug-likeness (QED) is 0.756. The fourth-order valence-corrected chi connectivity index (χ4v) is 2.99. The summed E-state index contributed by atoms with van der Waals surface area (Å²) >= 11 is 0.913. The number of hydrogen-bond donors (Lipinski definition) is 1. The van der Waals surface area contributed by atoms with Crippen molar-refractivity contribution in [3.63, 3.8) is 0 Å². The molecule has 0 aliphatic heterocycles. The van der Waals surface area contributed by atoms with Gasteiger partial charge < -0.3 is 4.74 Å². The lowest BCUT2D eigenvalue weighted by Gasteiger charge is -1.98. The van der Waals surface area contributed by atoms with E-state index in [0.717, 1.165) is 11.3 Å². The minimum absolute atomic E-state index is 0.00194. The first-order valence-electron chi connectivity index (χ1n) is 3.57. The number of carbonyl (C=O) groups excluding carboxylic acids is 1. The van der Waals surface area contributed by atoms with E-state index in [-0.39, 0.29) is 9.77 Å². The van der Waals surface area contributed by atoms with Crippen LogP contribution < -0.4 is 5.14 Å². The summed E-state index contributed by atoms with van der Waals surface area (Å²) in [4.78, 5) is 11.1. The first-order valence-corrected chi connectivity index (χ1v) is 5.99. The molecule has 14 heavy (non-hydrogen) atoms. The van der Waals surface area contributed by atoms with Gasteiger partial charge in [0, 0.05) is 5.38 Å². The fourth-order valence-electron chi connectivity index (χ4n) is 0.991. The maximum atomic E-state index is 11.1. The van der Waals surface area contributed by atoms with Crippen molar-refractivity contribution in [2.45, 2.75) is 11.1 Å². The summed E-state index contributed by atoms with van der Waals surface area (Å²) < 4.78 is 26.5. The highest BCUT2D eigenvalue weighted by Crippen LogP contribution is 2.25. The van der Waals surface area contributed by atoms with Gasteiger partial charge in [0.15, 0.2) is 0 Å². The predicted octanol–water partition coefficient (Wildman–Crippen LogP) is 0.491. The van der Waals surface area contributed by atoms with E-state index in [9.17, 15) is 13.2 Å². The maximum absolute atomic E-state index is 11.1. The maximum Gasteiger partial charge on any atom is 0.339 e. The van der Waals surface area contributed by atoms with E-state index in [1.165, 1.54) is 19.4 Å². The molecule has 1 heterocycles. The van der Waals surface area contributed by atoms with Gasteiger partial charge in [-0.3, -0.25) is 0 Å². The average Bonchev–Trinajstić information content (AvgIpc) is 2.45. The van der Waals surface area contributed by atoms with E-state index in [0.29, 0.717) is 5.56 Å². The van der Waals surface area contributed by atoms with Gasteiger partial charge in [0.25, 0.3) is 0 Å². The highest BCUT2D eigenvalue weighted by Gasteiger charge is 2.20. The topological polar surface area (TPSA) is 86.5 Å². The second-order valence-corrected chi connectivity index (χ2v) is 5.23. The van der Waals surface area contributed by atoms with Crippen LogP contribution in [-0.2, 0) is 14.8 Å². The number of esters is 1. The molecule has 0 saturated heterocycles. The smallest absolute Gasteiger partial charge is 0.339 e. The first-order chi connectivity index (χ1) is 6.38. The summed E-state index contributed by atoms with van der Waals surface area (Å²) in [5.74, 6) is -0.561. The minimum atomic E-state index is -3.74. The molecule has 0 spiro atoms. The van der Waals surface area contributed by atoms with Gasteiger partial charge in [0.1, 0.15) is 4.21 Å². The number of methoxy groups -OCH3 is 1. The Morgan fingerprint density at radius 3 is 2.50 bits per heavy atom. The molecule has 7 heteroatoms. The van der Waals surface area contributed by atoms with Gasteiger partial charge in [0.2, 0.25) is 10.0 Å². The van der Waals surface area contributed by atoms with Gasteiger partial charge in [-0.1, -0.05) is 0 Å². The molecule has 1 aromatic rings. The van der Waals surface area contributed by atoms with Crippen molar-refractivity contribution < 1.29 is 17.9 Å². The van der Waals surface area contributed by atoms with E-state index in [1.807, 2.05) is 0 Å². The van der Waals surface area contributed by atoms with Crippen molar-refractivity contribution in [3.05, 3.63) is 16.5 Å². The molecule has 1 rings (SSSR count). The molecule has 0 radical (unpaired) electrons. The predicted molar refractivity (Wildman–Crippen MR) is 51.8 cm³/mol. The van der Waals surface area contributed by atoms with Gasteiger partial charge in [-0.15, -0.1) is 11.3 Å². The molecule has 0 aliphatic carbocycles. The number of ether oxygens (including phenoxy) is 1. The second-order valence-electron chi connectivity index (χ2n) is 2.60. The SMILES string of the molecule is COC(=O)c1csc(S(N)(=O)=O)c1C. The average molecular weight is 235 g/mol. The van der Waals surface area contributed by atoms with E-state index in [4.69, 9.17) is 5.14 Å². The van der Waals surface area contributed by atoms with Crippen LogP contribution in [-0.4, -0.2) is 21.5 Å². The summed E-state index contributed by atoms with van der Waals surface area (Å²) in [7, 11) is -2.51. The van der Waals surface area contributed by atoms with Crippen LogP contribution >= 0.6 is 11.3 Å². The van der Waals surface area contributed by atoms with Crippen molar-refractivity contribution in [1.29, 1.82) is 0 Å². The molecule has 2 N–H and O–H groups in total. The molecule has 0 aromatic carbocycles. The summed E-state index contributed by atoms with van der Waals surface area (Å²) in [5, 5.41) is 6.36. The van der Waals surface area contributed by atoms with Gasteiger partial charge in [-0.2, -0.15) is 0 Å². The Bertz CT molecular complexity index is 460. The Labute approximate surface area is 85.5 Å². The molecule has 78 valence electrons. The van der Waals surface area contributed by atoms with Crippen LogP contribution in [0, 0.1) is 6.92 Å². The lowest BCUT2D eigenvalue weighted by Crippen LogP contribution is -2.12. The molecule has 0 aliphatic rings. The number of hydrogen-bond acceptors (Lipinski definition) is 5. The van der Waals surface area contributed by atoms with Gasteiger partial charge >= 0.3 is 5.97 Å². The van der Waals surface area contributed by atoms with Crippen molar-refractivity contribution >= 4 is 27.3 Å². The van der Waals surface area contributed by atoms with Crippen LogP contribution in [0.2, 0.25) is 0 Å². The van der Waals surface area contributed by atoms with Crippen molar-refractivity contribution in [2.24, 2.45) is 5.14 Å². The Morgan fingerprint density at radius 1 is 1.57 bits per heavy atom. The van der Waals surface area contributed by atoms with Gasteiger partial charge in [-0.05, 0) is 12.5 Å². The number of nitrogens with two attached hydrogens (primary N) is 1. The number of thiophene rings is 1. The fraction of sp³-hybridized carbons (Fsp3) is 0.286. The Kier molecular flexibility index (Phi) is 2.93. The third kappa shape index (κ3) is 1.94. The molecule has 0 amide bonds. The normalized spacial score (nSPS) is 11.4. The molecule has 0 fully saturated rings. The Hall–Kier alpha value is -0.920. The number of carbonyl (C=O) groups is 1. The summed E-state index contributed by atoms with van der Waals surface area (Å²) in [6, 6.07) is 0. The molecular formula is C7H9NO4S2. The van der Waals surface area contributed by atoms with Gasteiger partial charge in [-0.25, -0.2) is 18.4 Å². The van der Waals surface area contributed by atoms with Crippen LogP contribution in [0.3, 0.4) is 0 Å². The van der Waals surface area contributed by atoms with Crippen LogP contribution in [0.15, 0.2) is 9.59 Å². The first kappa shape index (κ1) is 11.2. The minimum Gasteiger partial charge on any atom is -0.465 e. The summed E-state index contributed by atoms with van der Waals surface area (Å²) in [6.45, 7) is 1.52. The number of primary sulfonamides is 1. The lowest BCUT2D eigenvalue weighted by molar-refractivity contribution is 0.0600. The van der Waals surface area contributed by atoms with E-state index < -0.39 is 16.0 Å². The summed E-state index contributed by atoms with van der Waals surface area (Å²) in [6.07, 6.45) is 0. The Balaban J connectivity index is 3.29. The molecule has 1 aromatic heterocycles. The van der Waals surface area contributed by atoms with Crippen LogP contribution in [0.1, 0.15) is 15.9 Å². The highest BCUT2D eigenvalue weighted by atomic mass is 32.2. The molecule has 0 atom stereocenters. The molecule has 0 unspecified atom stereocenters. The van der Waals surface area contributed by atoms with Crippen molar-refractivity contribution in [3.8, 4) is 0 Å². The van der Waals surface area contributed by atoms with Crippen molar-refractivity contribution in [1.82, 2.24) is 0 Å². The highest BCUT2D eigenvalue weighted by molar-refractivity contribution is 7.91. The molecule has 0 bridgehead atoms. The standard InChI is InChI=1S/C7H9NO4S2/c1-4-5(6(9)12-2)3-13-7(4)14(8,10)11/h3H,1-2H3,(H2,8,10,11). The number of rotatable bonds is 2. The van der Waals surface area contributed by atoms with E-state index in [2.05, 4.69) is 4.74 Å². The molecule has 0 saturated carbocycles. The van der Waals surface area contributed by atoms with Crippen LogP contribution in [0.4, 0.5) is 0 Å². The Morgan fingerprint density at radius 2 is 2.14 bits per heavy atom. The summed E-state index contributed by atoms with van der Waals surface area (Å²) in [5.41, 5.74) is 0.575.